The van der Waals surface area contributed by atoms with Gasteiger partial charge in [-0.2, -0.15) is 0 Å². The maximum atomic E-state index is 6.01. The normalized spacial score (nSPS) is 31.4. The molecular formula is C17H28N2O. The van der Waals surface area contributed by atoms with Gasteiger partial charge in [-0.1, -0.05) is 19.9 Å². The third-order valence-electron chi connectivity index (χ3n) is 4.65. The van der Waals surface area contributed by atoms with E-state index in [1.165, 1.54) is 11.3 Å². The molecule has 1 aliphatic heterocycles. The van der Waals surface area contributed by atoms with Crippen LogP contribution >= 0.6 is 0 Å². The molecule has 1 aliphatic rings. The smallest absolute Gasteiger partial charge is 0.0597 e. The highest BCUT2D eigenvalue weighted by Crippen LogP contribution is 2.35. The van der Waals surface area contributed by atoms with Crippen LogP contribution in [-0.2, 0) is 11.2 Å². The van der Waals surface area contributed by atoms with Crippen LogP contribution in [0, 0.1) is 18.8 Å². The maximum Gasteiger partial charge on any atom is 0.0597 e. The van der Waals surface area contributed by atoms with Gasteiger partial charge >= 0.3 is 0 Å². The van der Waals surface area contributed by atoms with Crippen LogP contribution in [0.1, 0.15) is 39.0 Å². The van der Waals surface area contributed by atoms with Crippen LogP contribution < -0.4 is 5.32 Å². The van der Waals surface area contributed by atoms with Crippen LogP contribution in [0.4, 0.5) is 0 Å². The Morgan fingerprint density at radius 2 is 2.00 bits per heavy atom. The molecule has 0 aliphatic carbocycles. The molecule has 1 N–H and O–H groups in total. The quantitative estimate of drug-likeness (QED) is 0.898. The molecule has 3 nitrogen and oxygen atoms in total. The number of aromatic nitrogens is 1. The van der Waals surface area contributed by atoms with Gasteiger partial charge in [0.2, 0.25) is 0 Å². The molecule has 1 aromatic heterocycles. The number of ether oxygens (including phenoxy) is 1. The molecule has 5 atom stereocenters. The minimum absolute atomic E-state index is 0.314. The summed E-state index contributed by atoms with van der Waals surface area (Å²) in [6.07, 6.45) is 3.60. The first-order chi connectivity index (χ1) is 9.52. The van der Waals surface area contributed by atoms with Crippen molar-refractivity contribution < 1.29 is 4.74 Å². The molecule has 1 saturated heterocycles. The average molecular weight is 276 g/mol. The zero-order chi connectivity index (χ0) is 14.7. The topological polar surface area (TPSA) is 34.2 Å². The van der Waals surface area contributed by atoms with Gasteiger partial charge in [0.25, 0.3) is 0 Å². The summed E-state index contributed by atoms with van der Waals surface area (Å²) >= 11 is 0. The molecular weight excluding hydrogens is 248 g/mol. The van der Waals surface area contributed by atoms with E-state index < -0.39 is 0 Å². The number of hydrogen-bond acceptors (Lipinski definition) is 3. The van der Waals surface area contributed by atoms with Gasteiger partial charge in [0.1, 0.15) is 0 Å². The number of pyridine rings is 1. The Morgan fingerprint density at radius 1 is 1.25 bits per heavy atom. The van der Waals surface area contributed by atoms with Crippen molar-refractivity contribution >= 4 is 0 Å². The number of nitrogens with one attached hydrogen (secondary N) is 1. The highest BCUT2D eigenvalue weighted by Gasteiger charge is 2.41. The number of likely N-dealkylation sites (N-methyl/N-ethyl adjacent to an activating group) is 1. The Balaban J connectivity index is 2.12. The number of aryl methyl sites for hydroxylation is 1. The summed E-state index contributed by atoms with van der Waals surface area (Å²) in [6, 6.07) is 4.73. The number of nitrogens with zero attached hydrogens (tertiary/aromatic N) is 1. The maximum absolute atomic E-state index is 6.01. The van der Waals surface area contributed by atoms with Gasteiger partial charge in [0.15, 0.2) is 0 Å². The van der Waals surface area contributed by atoms with E-state index in [0.29, 0.717) is 30.1 Å². The Labute approximate surface area is 123 Å². The molecule has 20 heavy (non-hydrogen) atoms. The van der Waals surface area contributed by atoms with Crippen molar-refractivity contribution in [2.75, 3.05) is 6.54 Å². The molecule has 0 radical (unpaired) electrons. The van der Waals surface area contributed by atoms with Crippen molar-refractivity contribution in [2.45, 2.75) is 59.3 Å². The summed E-state index contributed by atoms with van der Waals surface area (Å²) in [7, 11) is 0. The zero-order valence-corrected chi connectivity index (χ0v) is 13.4. The molecule has 5 unspecified atom stereocenters. The van der Waals surface area contributed by atoms with E-state index in [1.54, 1.807) is 0 Å². The fourth-order valence-corrected chi connectivity index (χ4v) is 3.44. The van der Waals surface area contributed by atoms with Crippen LogP contribution in [0.2, 0.25) is 0 Å². The fraction of sp³-hybridized carbons (Fsp3) is 0.706. The second-order valence-corrected chi connectivity index (χ2v) is 6.18. The van der Waals surface area contributed by atoms with Gasteiger partial charge in [0, 0.05) is 30.3 Å². The molecule has 0 saturated carbocycles. The lowest BCUT2D eigenvalue weighted by atomic mass is 9.81. The van der Waals surface area contributed by atoms with E-state index >= 15 is 0 Å². The zero-order valence-electron chi connectivity index (χ0n) is 13.4. The lowest BCUT2D eigenvalue weighted by Crippen LogP contribution is -2.43. The predicted octanol–water partition coefficient (Wildman–Crippen LogP) is 2.97. The third-order valence-corrected chi connectivity index (χ3v) is 4.65. The molecule has 0 spiro atoms. The Morgan fingerprint density at radius 3 is 2.50 bits per heavy atom. The Kier molecular flexibility index (Phi) is 5.17. The molecule has 1 aromatic rings. The standard InChI is InChI=1S/C17H28N2O/c1-6-18-16(9-15-8-7-11(2)10-19-15)17-12(3)13(4)20-14(17)5/h7-8,10,12-14,16-18H,6,9H2,1-5H3. The van der Waals surface area contributed by atoms with Crippen molar-refractivity contribution in [1.29, 1.82) is 0 Å². The average Bonchev–Trinajstić information content (AvgIpc) is 2.66. The lowest BCUT2D eigenvalue weighted by Gasteiger charge is -2.29. The molecule has 2 rings (SSSR count). The highest BCUT2D eigenvalue weighted by atomic mass is 16.5. The number of hydrogen-bond donors (Lipinski definition) is 1. The van der Waals surface area contributed by atoms with Crippen molar-refractivity contribution in [1.82, 2.24) is 10.3 Å². The fourth-order valence-electron chi connectivity index (χ4n) is 3.44. The summed E-state index contributed by atoms with van der Waals surface area (Å²) < 4.78 is 6.01. The summed E-state index contributed by atoms with van der Waals surface area (Å²) in [4.78, 5) is 4.56. The molecule has 1 fully saturated rings. The van der Waals surface area contributed by atoms with E-state index in [4.69, 9.17) is 4.74 Å². The van der Waals surface area contributed by atoms with Crippen LogP contribution in [0.15, 0.2) is 18.3 Å². The highest BCUT2D eigenvalue weighted by molar-refractivity contribution is 5.13. The molecule has 3 heteroatoms. The minimum atomic E-state index is 0.314. The first-order valence-corrected chi connectivity index (χ1v) is 7.83. The van der Waals surface area contributed by atoms with Crippen LogP contribution in [0.3, 0.4) is 0 Å². The second kappa shape index (κ2) is 6.68. The van der Waals surface area contributed by atoms with Gasteiger partial charge in [-0.15, -0.1) is 0 Å². The third kappa shape index (κ3) is 3.39. The van der Waals surface area contributed by atoms with E-state index in [-0.39, 0.29) is 0 Å². The summed E-state index contributed by atoms with van der Waals surface area (Å²) in [5.74, 6) is 1.13. The van der Waals surface area contributed by atoms with Crippen molar-refractivity contribution in [3.05, 3.63) is 29.6 Å². The summed E-state index contributed by atoms with van der Waals surface area (Å²) in [6.45, 7) is 11.9. The van der Waals surface area contributed by atoms with E-state index in [2.05, 4.69) is 57.1 Å². The van der Waals surface area contributed by atoms with Gasteiger partial charge < -0.3 is 10.1 Å². The van der Waals surface area contributed by atoms with Gasteiger partial charge in [-0.3, -0.25) is 4.98 Å². The van der Waals surface area contributed by atoms with Gasteiger partial charge in [-0.25, -0.2) is 0 Å². The predicted molar refractivity (Wildman–Crippen MR) is 82.8 cm³/mol. The molecule has 0 bridgehead atoms. The largest absolute Gasteiger partial charge is 0.375 e. The molecule has 112 valence electrons. The van der Waals surface area contributed by atoms with E-state index in [0.717, 1.165) is 13.0 Å². The van der Waals surface area contributed by atoms with Crippen molar-refractivity contribution in [3.8, 4) is 0 Å². The van der Waals surface area contributed by atoms with Crippen LogP contribution in [0.5, 0.6) is 0 Å². The SMILES string of the molecule is CCNC(Cc1ccc(C)cn1)C1C(C)OC(C)C1C. The first kappa shape index (κ1) is 15.5. The van der Waals surface area contributed by atoms with Gasteiger partial charge in [-0.05, 0) is 44.9 Å². The number of rotatable bonds is 5. The molecule has 2 heterocycles. The van der Waals surface area contributed by atoms with E-state index in [1.807, 2.05) is 6.20 Å². The second-order valence-electron chi connectivity index (χ2n) is 6.18. The van der Waals surface area contributed by atoms with Crippen molar-refractivity contribution in [3.63, 3.8) is 0 Å². The molecule has 0 amide bonds. The lowest BCUT2D eigenvalue weighted by molar-refractivity contribution is 0.0476. The van der Waals surface area contributed by atoms with Crippen LogP contribution in [-0.4, -0.2) is 29.8 Å². The monoisotopic (exact) mass is 276 g/mol. The summed E-state index contributed by atoms with van der Waals surface area (Å²) in [5.41, 5.74) is 2.38. The Hall–Kier alpha value is -0.930. The first-order valence-electron chi connectivity index (χ1n) is 7.83. The van der Waals surface area contributed by atoms with Crippen LogP contribution in [0.25, 0.3) is 0 Å². The minimum Gasteiger partial charge on any atom is -0.375 e. The Bertz CT molecular complexity index is 418. The summed E-state index contributed by atoms with van der Waals surface area (Å²) in [5, 5.41) is 3.65. The molecule has 0 aromatic carbocycles. The van der Waals surface area contributed by atoms with E-state index in [9.17, 15) is 0 Å². The van der Waals surface area contributed by atoms with Crippen molar-refractivity contribution in [2.24, 2.45) is 11.8 Å². The van der Waals surface area contributed by atoms with Gasteiger partial charge in [0.05, 0.1) is 12.2 Å².